The third kappa shape index (κ3) is 3.96. The molecule has 182 valence electrons. The number of aryl methyl sites for hydroxylation is 2. The Morgan fingerprint density at radius 1 is 0.528 bits per heavy atom. The molecular formula is C28H18F6N2. The molecule has 1 aliphatic rings. The maximum atomic E-state index is 13.9. The summed E-state index contributed by atoms with van der Waals surface area (Å²) in [6.07, 6.45) is -9.33. The quantitative estimate of drug-likeness (QED) is 0.248. The van der Waals surface area contributed by atoms with Crippen LogP contribution in [0, 0.1) is 13.8 Å². The molecule has 1 aliphatic carbocycles. The molecule has 0 spiro atoms. The zero-order valence-electron chi connectivity index (χ0n) is 19.1. The third-order valence-electron chi connectivity index (χ3n) is 6.17. The average molecular weight is 496 g/mol. The van der Waals surface area contributed by atoms with Gasteiger partial charge < -0.3 is 0 Å². The second-order valence-electron chi connectivity index (χ2n) is 8.57. The van der Waals surface area contributed by atoms with Gasteiger partial charge in [-0.3, -0.25) is 0 Å². The van der Waals surface area contributed by atoms with Crippen molar-refractivity contribution < 1.29 is 26.3 Å². The largest absolute Gasteiger partial charge is 0.418 e. The van der Waals surface area contributed by atoms with Gasteiger partial charge in [0.15, 0.2) is 0 Å². The number of aliphatic imine (C=N–C) groups is 2. The predicted molar refractivity (Wildman–Crippen MR) is 129 cm³/mol. The van der Waals surface area contributed by atoms with E-state index in [1.54, 1.807) is 24.3 Å². The van der Waals surface area contributed by atoms with Gasteiger partial charge in [-0.2, -0.15) is 26.3 Å². The summed E-state index contributed by atoms with van der Waals surface area (Å²) >= 11 is 0. The average Bonchev–Trinajstić information content (AvgIpc) is 3.09. The van der Waals surface area contributed by atoms with Gasteiger partial charge in [0, 0.05) is 16.5 Å². The molecule has 0 aliphatic heterocycles. The van der Waals surface area contributed by atoms with Crippen LogP contribution in [0.15, 0.2) is 82.8 Å². The summed E-state index contributed by atoms with van der Waals surface area (Å²) in [5, 5.41) is 1.46. The first kappa shape index (κ1) is 23.8. The summed E-state index contributed by atoms with van der Waals surface area (Å²) in [4.78, 5) is 8.90. The highest BCUT2D eigenvalue weighted by Crippen LogP contribution is 2.42. The highest BCUT2D eigenvalue weighted by atomic mass is 19.4. The van der Waals surface area contributed by atoms with Gasteiger partial charge in [0.2, 0.25) is 0 Å². The van der Waals surface area contributed by atoms with E-state index in [1.807, 2.05) is 12.1 Å². The molecular weight excluding hydrogens is 478 g/mol. The second-order valence-corrected chi connectivity index (χ2v) is 8.57. The lowest BCUT2D eigenvalue weighted by Crippen LogP contribution is -2.13. The summed E-state index contributed by atoms with van der Waals surface area (Å²) in [5.74, 6) is 0. The second kappa shape index (κ2) is 8.33. The third-order valence-corrected chi connectivity index (χ3v) is 6.17. The fraction of sp³-hybridized carbons (Fsp3) is 0.143. The van der Waals surface area contributed by atoms with Crippen LogP contribution in [-0.4, -0.2) is 11.4 Å². The Morgan fingerprint density at radius 2 is 0.917 bits per heavy atom. The molecule has 0 saturated carbocycles. The molecule has 0 aromatic heterocycles. The molecule has 36 heavy (non-hydrogen) atoms. The molecule has 4 aromatic carbocycles. The van der Waals surface area contributed by atoms with E-state index in [9.17, 15) is 26.3 Å². The van der Waals surface area contributed by atoms with Crippen molar-refractivity contribution in [1.82, 2.24) is 0 Å². The Hall–Kier alpha value is -3.94. The SMILES string of the molecule is Cc1cccc(C(F)(F)F)c1N=C1C(=Nc2c(C)cccc2C(F)(F)F)c2cccc3cccc1c23. The molecule has 4 aromatic rings. The monoisotopic (exact) mass is 496 g/mol. The highest BCUT2D eigenvalue weighted by Gasteiger charge is 2.37. The van der Waals surface area contributed by atoms with Crippen molar-refractivity contribution in [2.45, 2.75) is 26.2 Å². The molecule has 0 saturated heterocycles. The van der Waals surface area contributed by atoms with Crippen LogP contribution in [0.2, 0.25) is 0 Å². The summed E-state index contributed by atoms with van der Waals surface area (Å²) in [6.45, 7) is 3.02. The molecule has 8 heteroatoms. The first-order chi connectivity index (χ1) is 17.0. The van der Waals surface area contributed by atoms with Crippen LogP contribution in [0.3, 0.4) is 0 Å². The standard InChI is InChI=1S/C28H18F6N2/c1-15-7-3-13-20(27(29,30)31)23(15)35-25-18-11-5-9-17-10-6-12-19(22(17)18)26(25)36-24-16(2)8-4-14-21(24)28(32,33)34/h3-14H,1-2H3. The predicted octanol–water partition coefficient (Wildman–Crippen LogP) is 8.75. The lowest BCUT2D eigenvalue weighted by molar-refractivity contribution is -0.137. The van der Waals surface area contributed by atoms with E-state index >= 15 is 0 Å². The number of alkyl halides is 6. The van der Waals surface area contributed by atoms with Gasteiger partial charge in [-0.25, -0.2) is 9.98 Å². The summed E-state index contributed by atoms with van der Waals surface area (Å²) in [6, 6.07) is 18.0. The zero-order chi connectivity index (χ0) is 25.8. The number of benzene rings is 4. The molecule has 0 heterocycles. The molecule has 0 fully saturated rings. The number of hydrogen-bond donors (Lipinski definition) is 0. The molecule has 0 atom stereocenters. The van der Waals surface area contributed by atoms with Gasteiger partial charge in [0.05, 0.1) is 33.9 Å². The number of nitrogens with zero attached hydrogens (tertiary/aromatic N) is 2. The van der Waals surface area contributed by atoms with Crippen molar-refractivity contribution in [3.63, 3.8) is 0 Å². The van der Waals surface area contributed by atoms with Crippen LogP contribution in [0.25, 0.3) is 10.8 Å². The summed E-state index contributed by atoms with van der Waals surface area (Å²) < 4.78 is 83.1. The summed E-state index contributed by atoms with van der Waals surface area (Å²) in [7, 11) is 0. The Kier molecular flexibility index (Phi) is 5.50. The smallest absolute Gasteiger partial charge is 0.245 e. The van der Waals surface area contributed by atoms with E-state index in [1.165, 1.54) is 38.1 Å². The molecule has 0 radical (unpaired) electrons. The zero-order valence-corrected chi connectivity index (χ0v) is 19.1. The van der Waals surface area contributed by atoms with E-state index in [4.69, 9.17) is 0 Å². The number of halogens is 6. The van der Waals surface area contributed by atoms with Crippen LogP contribution >= 0.6 is 0 Å². The maximum Gasteiger partial charge on any atom is 0.418 e. The van der Waals surface area contributed by atoms with Crippen molar-refractivity contribution >= 4 is 33.6 Å². The van der Waals surface area contributed by atoms with Crippen molar-refractivity contribution in [3.8, 4) is 0 Å². The molecule has 0 N–H and O–H groups in total. The van der Waals surface area contributed by atoms with E-state index in [0.29, 0.717) is 16.5 Å². The minimum Gasteiger partial charge on any atom is -0.245 e. The first-order valence-corrected chi connectivity index (χ1v) is 11.0. The fourth-order valence-electron chi connectivity index (χ4n) is 4.51. The lowest BCUT2D eigenvalue weighted by Gasteiger charge is -2.15. The van der Waals surface area contributed by atoms with Crippen LogP contribution in [0.4, 0.5) is 37.7 Å². The van der Waals surface area contributed by atoms with Crippen molar-refractivity contribution in [3.05, 3.63) is 106 Å². The van der Waals surface area contributed by atoms with Crippen LogP contribution in [-0.2, 0) is 12.4 Å². The maximum absolute atomic E-state index is 13.9. The van der Waals surface area contributed by atoms with E-state index < -0.39 is 23.5 Å². The van der Waals surface area contributed by atoms with Crippen LogP contribution < -0.4 is 0 Å². The van der Waals surface area contributed by atoms with Gasteiger partial charge in [0.1, 0.15) is 0 Å². The number of rotatable bonds is 2. The van der Waals surface area contributed by atoms with Gasteiger partial charge in [-0.05, 0) is 42.5 Å². The van der Waals surface area contributed by atoms with Gasteiger partial charge >= 0.3 is 12.4 Å². The normalized spacial score (nSPS) is 15.9. The lowest BCUT2D eigenvalue weighted by atomic mass is 10.0. The first-order valence-electron chi connectivity index (χ1n) is 11.0. The minimum absolute atomic E-state index is 0.0953. The molecule has 0 amide bonds. The summed E-state index contributed by atoms with van der Waals surface area (Å²) in [5.41, 5.74) is -0.652. The fourth-order valence-corrected chi connectivity index (χ4v) is 4.51. The highest BCUT2D eigenvalue weighted by molar-refractivity contribution is 6.61. The Bertz CT molecular complexity index is 1460. The van der Waals surface area contributed by atoms with Crippen molar-refractivity contribution in [2.24, 2.45) is 9.98 Å². The Morgan fingerprint density at radius 3 is 1.31 bits per heavy atom. The molecule has 5 rings (SSSR count). The van der Waals surface area contributed by atoms with E-state index in [-0.39, 0.29) is 33.9 Å². The molecule has 0 bridgehead atoms. The topological polar surface area (TPSA) is 24.7 Å². The Labute approximate surface area is 202 Å². The van der Waals surface area contributed by atoms with Gasteiger partial charge in [0.25, 0.3) is 0 Å². The van der Waals surface area contributed by atoms with E-state index in [2.05, 4.69) is 9.98 Å². The van der Waals surface area contributed by atoms with Gasteiger partial charge in [-0.15, -0.1) is 0 Å². The van der Waals surface area contributed by atoms with Crippen LogP contribution in [0.1, 0.15) is 33.4 Å². The van der Waals surface area contributed by atoms with Crippen LogP contribution in [0.5, 0.6) is 0 Å². The molecule has 0 unspecified atom stereocenters. The number of hydrogen-bond acceptors (Lipinski definition) is 2. The van der Waals surface area contributed by atoms with Crippen molar-refractivity contribution in [1.29, 1.82) is 0 Å². The Balaban J connectivity index is 1.87. The van der Waals surface area contributed by atoms with Crippen molar-refractivity contribution in [2.75, 3.05) is 0 Å². The van der Waals surface area contributed by atoms with Gasteiger partial charge in [-0.1, -0.05) is 60.7 Å². The number of para-hydroxylation sites is 2. The van der Waals surface area contributed by atoms with E-state index in [0.717, 1.165) is 17.5 Å². The molecule has 2 nitrogen and oxygen atoms in total. The minimum atomic E-state index is -4.67.